The Kier molecular flexibility index (Phi) is 5.11. The minimum Gasteiger partial charge on any atom is -0.381 e. The molecule has 3 aliphatic rings. The van der Waals surface area contributed by atoms with E-state index in [0.717, 1.165) is 42.9 Å². The predicted octanol–water partition coefficient (Wildman–Crippen LogP) is 2.30. The number of carbonyl (C=O) groups is 1. The minimum atomic E-state index is 0.339. The van der Waals surface area contributed by atoms with E-state index < -0.39 is 0 Å². The van der Waals surface area contributed by atoms with Crippen LogP contribution in [-0.4, -0.2) is 65.6 Å². The number of carbonyl (C=O) groups excluding carboxylic acids is 1. The standard InChI is InChI=1S/C16H27IN2O2/c1-21-14-2-6-18(7-3-14)12-15(20)19-8-4-16(5-9-19)10-13(17)11-16/h13-14H,2-12H2,1H3. The van der Waals surface area contributed by atoms with E-state index in [-0.39, 0.29) is 0 Å². The van der Waals surface area contributed by atoms with Gasteiger partial charge >= 0.3 is 0 Å². The molecule has 3 rings (SSSR count). The average molecular weight is 406 g/mol. The summed E-state index contributed by atoms with van der Waals surface area (Å²) in [6.45, 7) is 4.57. The Balaban J connectivity index is 1.40. The Labute approximate surface area is 141 Å². The highest BCUT2D eigenvalue weighted by Crippen LogP contribution is 2.52. The monoisotopic (exact) mass is 406 g/mol. The summed E-state index contributed by atoms with van der Waals surface area (Å²) >= 11 is 2.57. The van der Waals surface area contributed by atoms with Gasteiger partial charge in [0.2, 0.25) is 5.91 Å². The molecule has 0 aromatic rings. The van der Waals surface area contributed by atoms with Gasteiger partial charge in [0.1, 0.15) is 0 Å². The normalized spacial score (nSPS) is 27.8. The molecular formula is C16H27IN2O2. The lowest BCUT2D eigenvalue weighted by molar-refractivity contribution is -0.136. The SMILES string of the molecule is COC1CCN(CC(=O)N2CCC3(CC2)CC(I)C3)CC1. The molecule has 5 heteroatoms. The van der Waals surface area contributed by atoms with E-state index in [2.05, 4.69) is 32.4 Å². The van der Waals surface area contributed by atoms with Gasteiger partial charge < -0.3 is 9.64 Å². The number of likely N-dealkylation sites (tertiary alicyclic amines) is 2. The zero-order chi connectivity index (χ0) is 14.9. The van der Waals surface area contributed by atoms with E-state index in [1.54, 1.807) is 7.11 Å². The van der Waals surface area contributed by atoms with Gasteiger partial charge in [-0.2, -0.15) is 0 Å². The summed E-state index contributed by atoms with van der Waals surface area (Å²) in [6, 6.07) is 0. The molecule has 0 radical (unpaired) electrons. The minimum absolute atomic E-state index is 0.339. The molecule has 2 aliphatic heterocycles. The van der Waals surface area contributed by atoms with Crippen LogP contribution >= 0.6 is 22.6 Å². The van der Waals surface area contributed by atoms with Crippen molar-refractivity contribution in [2.45, 2.75) is 48.6 Å². The van der Waals surface area contributed by atoms with Crippen LogP contribution in [0, 0.1) is 5.41 Å². The van der Waals surface area contributed by atoms with Gasteiger partial charge in [-0.05, 0) is 43.9 Å². The van der Waals surface area contributed by atoms with E-state index in [0.29, 0.717) is 24.0 Å². The number of ether oxygens (including phenoxy) is 1. The second-order valence-corrected chi connectivity index (χ2v) is 8.86. The number of alkyl halides is 1. The average Bonchev–Trinajstić information content (AvgIpc) is 2.47. The molecule has 1 saturated carbocycles. The number of hydrogen-bond donors (Lipinski definition) is 0. The number of amides is 1. The Hall–Kier alpha value is 0.120. The van der Waals surface area contributed by atoms with Crippen LogP contribution in [0.2, 0.25) is 0 Å². The zero-order valence-electron chi connectivity index (χ0n) is 13.0. The predicted molar refractivity (Wildman–Crippen MR) is 91.8 cm³/mol. The van der Waals surface area contributed by atoms with Crippen LogP contribution in [0.25, 0.3) is 0 Å². The molecule has 0 bridgehead atoms. The van der Waals surface area contributed by atoms with Crippen molar-refractivity contribution in [1.29, 1.82) is 0 Å². The summed E-state index contributed by atoms with van der Waals surface area (Å²) in [5.41, 5.74) is 0.597. The number of halogens is 1. The van der Waals surface area contributed by atoms with Gasteiger partial charge in [0.25, 0.3) is 0 Å². The van der Waals surface area contributed by atoms with E-state index in [1.807, 2.05) is 0 Å². The summed E-state index contributed by atoms with van der Waals surface area (Å²) in [4.78, 5) is 16.9. The first-order valence-electron chi connectivity index (χ1n) is 8.27. The van der Waals surface area contributed by atoms with Crippen LogP contribution in [0.1, 0.15) is 38.5 Å². The molecule has 0 aromatic carbocycles. The molecule has 1 amide bonds. The third kappa shape index (κ3) is 3.72. The van der Waals surface area contributed by atoms with Crippen molar-refractivity contribution in [3.05, 3.63) is 0 Å². The maximum Gasteiger partial charge on any atom is 0.236 e. The maximum atomic E-state index is 12.5. The zero-order valence-corrected chi connectivity index (χ0v) is 15.2. The summed E-state index contributed by atoms with van der Waals surface area (Å²) in [7, 11) is 1.79. The van der Waals surface area contributed by atoms with Crippen molar-refractivity contribution >= 4 is 28.5 Å². The smallest absolute Gasteiger partial charge is 0.236 e. The largest absolute Gasteiger partial charge is 0.381 e. The van der Waals surface area contributed by atoms with Crippen LogP contribution in [0.15, 0.2) is 0 Å². The molecule has 0 N–H and O–H groups in total. The Bertz CT molecular complexity index is 366. The second kappa shape index (κ2) is 6.71. The number of piperidine rings is 2. The highest BCUT2D eigenvalue weighted by molar-refractivity contribution is 14.1. The highest BCUT2D eigenvalue weighted by atomic mass is 127. The van der Waals surface area contributed by atoms with Gasteiger partial charge in [0.05, 0.1) is 12.6 Å². The Morgan fingerprint density at radius 2 is 1.81 bits per heavy atom. The van der Waals surface area contributed by atoms with Crippen LogP contribution in [0.3, 0.4) is 0 Å². The molecule has 3 fully saturated rings. The molecular weight excluding hydrogens is 379 g/mol. The Morgan fingerprint density at radius 3 is 2.33 bits per heavy atom. The number of hydrogen-bond acceptors (Lipinski definition) is 3. The number of methoxy groups -OCH3 is 1. The second-order valence-electron chi connectivity index (χ2n) is 7.10. The summed E-state index contributed by atoms with van der Waals surface area (Å²) < 4.78 is 6.27. The maximum absolute atomic E-state index is 12.5. The molecule has 4 nitrogen and oxygen atoms in total. The Morgan fingerprint density at radius 1 is 1.19 bits per heavy atom. The highest BCUT2D eigenvalue weighted by Gasteiger charge is 2.45. The fourth-order valence-corrected chi connectivity index (χ4v) is 5.98. The van der Waals surface area contributed by atoms with Gasteiger partial charge in [0.15, 0.2) is 0 Å². The summed E-state index contributed by atoms with van der Waals surface area (Å²) in [5, 5.41) is 0. The van der Waals surface area contributed by atoms with Crippen molar-refractivity contribution in [2.75, 3.05) is 39.8 Å². The van der Waals surface area contributed by atoms with Gasteiger partial charge in [-0.3, -0.25) is 9.69 Å². The lowest BCUT2D eigenvalue weighted by Crippen LogP contribution is -2.51. The third-order valence-corrected chi connectivity index (χ3v) is 6.59. The van der Waals surface area contributed by atoms with Crippen molar-refractivity contribution in [3.8, 4) is 0 Å². The van der Waals surface area contributed by atoms with Gasteiger partial charge in [-0.25, -0.2) is 0 Å². The summed E-state index contributed by atoms with van der Waals surface area (Å²) in [5.74, 6) is 0.339. The molecule has 2 heterocycles. The van der Waals surface area contributed by atoms with E-state index in [4.69, 9.17) is 4.74 Å². The number of nitrogens with zero attached hydrogens (tertiary/aromatic N) is 2. The molecule has 0 atom stereocenters. The molecule has 1 aliphatic carbocycles. The first-order valence-corrected chi connectivity index (χ1v) is 9.52. The fourth-order valence-electron chi connectivity index (χ4n) is 4.11. The third-order valence-electron chi connectivity index (χ3n) is 5.71. The molecule has 21 heavy (non-hydrogen) atoms. The molecule has 0 aromatic heterocycles. The molecule has 0 unspecified atom stereocenters. The van der Waals surface area contributed by atoms with Crippen LogP contribution < -0.4 is 0 Å². The van der Waals surface area contributed by atoms with Gasteiger partial charge in [-0.15, -0.1) is 0 Å². The van der Waals surface area contributed by atoms with Gasteiger partial charge in [0, 0.05) is 37.2 Å². The molecule has 2 saturated heterocycles. The van der Waals surface area contributed by atoms with Gasteiger partial charge in [-0.1, -0.05) is 22.6 Å². The van der Waals surface area contributed by atoms with Crippen LogP contribution in [-0.2, 0) is 9.53 Å². The summed E-state index contributed by atoms with van der Waals surface area (Å²) in [6.07, 6.45) is 7.72. The lowest BCUT2D eigenvalue weighted by Gasteiger charge is -2.50. The lowest BCUT2D eigenvalue weighted by atomic mass is 9.63. The topological polar surface area (TPSA) is 32.8 Å². The first-order chi connectivity index (χ1) is 10.1. The van der Waals surface area contributed by atoms with Crippen molar-refractivity contribution < 1.29 is 9.53 Å². The molecule has 120 valence electrons. The van der Waals surface area contributed by atoms with Crippen LogP contribution in [0.5, 0.6) is 0 Å². The van der Waals surface area contributed by atoms with Crippen molar-refractivity contribution in [2.24, 2.45) is 5.41 Å². The van der Waals surface area contributed by atoms with Crippen molar-refractivity contribution in [1.82, 2.24) is 9.80 Å². The quantitative estimate of drug-likeness (QED) is 0.533. The van der Waals surface area contributed by atoms with E-state index >= 15 is 0 Å². The first kappa shape index (κ1) is 16.0. The van der Waals surface area contributed by atoms with Crippen LogP contribution in [0.4, 0.5) is 0 Å². The van der Waals surface area contributed by atoms with Crippen molar-refractivity contribution in [3.63, 3.8) is 0 Å². The van der Waals surface area contributed by atoms with E-state index in [9.17, 15) is 4.79 Å². The number of rotatable bonds is 3. The fraction of sp³-hybridized carbons (Fsp3) is 0.938. The van der Waals surface area contributed by atoms with E-state index in [1.165, 1.54) is 25.7 Å². The molecule has 1 spiro atoms.